The summed E-state index contributed by atoms with van der Waals surface area (Å²) in [6.07, 6.45) is 9.48. The lowest BCUT2D eigenvalue weighted by atomic mass is 9.68. The molecule has 3 saturated carbocycles. The van der Waals surface area contributed by atoms with Gasteiger partial charge in [0.25, 0.3) is 0 Å². The molecule has 1 spiro atoms. The molecule has 0 unspecified atom stereocenters. The van der Waals surface area contributed by atoms with Gasteiger partial charge in [-0.15, -0.1) is 0 Å². The number of carbonyl (C=O) groups is 1. The molecule has 4 fully saturated rings. The zero-order chi connectivity index (χ0) is 21.0. The molecular formula is C25H37N3O2. The van der Waals surface area contributed by atoms with Crippen molar-refractivity contribution in [2.75, 3.05) is 33.7 Å². The van der Waals surface area contributed by atoms with Gasteiger partial charge in [0.1, 0.15) is 0 Å². The van der Waals surface area contributed by atoms with Gasteiger partial charge in [-0.25, -0.2) is 4.79 Å². The number of β-amino-alcohol motifs (C(OH)–C–C–N with tert-alkyl or cyclic N) is 1. The van der Waals surface area contributed by atoms with Crippen molar-refractivity contribution in [2.45, 2.75) is 74.5 Å². The van der Waals surface area contributed by atoms with Crippen molar-refractivity contribution in [3.05, 3.63) is 35.9 Å². The predicted octanol–water partition coefficient (Wildman–Crippen LogP) is 3.82. The quantitative estimate of drug-likeness (QED) is 0.774. The standard InChI is InChI=1S/C25H37N3O2/c1-26(2)25(21-7-4-3-5-8-21)15-13-23(14-16-25)18-27(19-24(30)11-6-12-24)22(29)28(23)17-20-9-10-20/h3-5,7-8,20,30H,6,9-19H2,1-2H3/t23-,25+. The highest BCUT2D eigenvalue weighted by atomic mass is 16.3. The molecule has 1 saturated heterocycles. The molecule has 30 heavy (non-hydrogen) atoms. The maximum absolute atomic E-state index is 13.5. The Morgan fingerprint density at radius 1 is 1.03 bits per heavy atom. The molecule has 5 nitrogen and oxygen atoms in total. The molecule has 0 atom stereocenters. The molecule has 0 bridgehead atoms. The highest BCUT2D eigenvalue weighted by Crippen LogP contribution is 2.50. The summed E-state index contributed by atoms with van der Waals surface area (Å²) in [6.45, 7) is 2.22. The van der Waals surface area contributed by atoms with E-state index in [-0.39, 0.29) is 17.1 Å². The van der Waals surface area contributed by atoms with Gasteiger partial charge in [-0.2, -0.15) is 0 Å². The molecule has 1 aromatic rings. The number of benzene rings is 1. The highest BCUT2D eigenvalue weighted by Gasteiger charge is 2.56. The fourth-order valence-electron chi connectivity index (χ4n) is 6.23. The van der Waals surface area contributed by atoms with Gasteiger partial charge in [0.05, 0.1) is 17.7 Å². The van der Waals surface area contributed by atoms with Gasteiger partial charge in [0.2, 0.25) is 0 Å². The number of hydrogen-bond acceptors (Lipinski definition) is 3. The average molecular weight is 412 g/mol. The minimum atomic E-state index is -0.640. The van der Waals surface area contributed by atoms with E-state index in [9.17, 15) is 9.90 Å². The fourth-order valence-corrected chi connectivity index (χ4v) is 6.23. The molecule has 0 aromatic heterocycles. The lowest BCUT2D eigenvalue weighted by Gasteiger charge is -2.51. The van der Waals surface area contributed by atoms with Crippen LogP contribution in [0.2, 0.25) is 0 Å². The minimum Gasteiger partial charge on any atom is -0.388 e. The van der Waals surface area contributed by atoms with E-state index < -0.39 is 5.60 Å². The van der Waals surface area contributed by atoms with Gasteiger partial charge in [-0.1, -0.05) is 30.3 Å². The molecule has 3 aliphatic carbocycles. The number of amides is 2. The van der Waals surface area contributed by atoms with Gasteiger partial charge >= 0.3 is 6.03 Å². The third kappa shape index (κ3) is 3.34. The summed E-state index contributed by atoms with van der Waals surface area (Å²) >= 11 is 0. The maximum Gasteiger partial charge on any atom is 0.320 e. The van der Waals surface area contributed by atoms with Crippen LogP contribution in [0.4, 0.5) is 4.79 Å². The number of hydrogen-bond donors (Lipinski definition) is 1. The highest BCUT2D eigenvalue weighted by molar-refractivity contribution is 5.78. The van der Waals surface area contributed by atoms with Crippen LogP contribution in [0, 0.1) is 5.92 Å². The zero-order valence-corrected chi connectivity index (χ0v) is 18.6. The molecule has 1 N–H and O–H groups in total. The van der Waals surface area contributed by atoms with Gasteiger partial charge in [0, 0.05) is 18.6 Å². The van der Waals surface area contributed by atoms with Crippen molar-refractivity contribution in [3.8, 4) is 0 Å². The van der Waals surface area contributed by atoms with Gasteiger partial charge in [-0.05, 0) is 83.4 Å². The maximum atomic E-state index is 13.5. The van der Waals surface area contributed by atoms with Crippen LogP contribution in [-0.2, 0) is 5.54 Å². The summed E-state index contributed by atoms with van der Waals surface area (Å²) in [4.78, 5) is 20.1. The molecule has 0 radical (unpaired) electrons. The molecule has 5 heteroatoms. The Morgan fingerprint density at radius 3 is 2.23 bits per heavy atom. The Labute approximate surface area is 181 Å². The van der Waals surface area contributed by atoms with Crippen LogP contribution in [0.1, 0.15) is 63.4 Å². The lowest BCUT2D eigenvalue weighted by Crippen LogP contribution is -2.55. The normalized spacial score (nSPS) is 33.4. The smallest absolute Gasteiger partial charge is 0.320 e. The molecular weight excluding hydrogens is 374 g/mol. The molecule has 1 aromatic carbocycles. The lowest BCUT2D eigenvalue weighted by molar-refractivity contribution is -0.0504. The van der Waals surface area contributed by atoms with Crippen LogP contribution in [0.3, 0.4) is 0 Å². The zero-order valence-electron chi connectivity index (χ0n) is 18.6. The van der Waals surface area contributed by atoms with E-state index in [1.807, 2.05) is 4.90 Å². The van der Waals surface area contributed by atoms with Gasteiger partial charge < -0.3 is 14.9 Å². The van der Waals surface area contributed by atoms with Crippen LogP contribution in [0.25, 0.3) is 0 Å². The van der Waals surface area contributed by atoms with Crippen molar-refractivity contribution in [1.29, 1.82) is 0 Å². The summed E-state index contributed by atoms with van der Waals surface area (Å²) < 4.78 is 0. The molecule has 164 valence electrons. The number of carbonyl (C=O) groups excluding carboxylic acids is 1. The molecule has 2 amide bonds. The van der Waals surface area contributed by atoms with Crippen LogP contribution in [0.15, 0.2) is 30.3 Å². The van der Waals surface area contributed by atoms with E-state index in [1.54, 1.807) is 0 Å². The minimum absolute atomic E-state index is 0.0421. The number of aliphatic hydroxyl groups is 1. The van der Waals surface area contributed by atoms with E-state index in [0.717, 1.165) is 58.0 Å². The third-order valence-corrected chi connectivity index (χ3v) is 8.64. The second-order valence-corrected chi connectivity index (χ2v) is 10.8. The van der Waals surface area contributed by atoms with E-state index in [4.69, 9.17) is 0 Å². The van der Waals surface area contributed by atoms with Crippen LogP contribution >= 0.6 is 0 Å². The molecule has 1 heterocycles. The topological polar surface area (TPSA) is 47.0 Å². The fraction of sp³-hybridized carbons (Fsp3) is 0.720. The summed E-state index contributed by atoms with van der Waals surface area (Å²) in [5.74, 6) is 0.687. The predicted molar refractivity (Wildman–Crippen MR) is 118 cm³/mol. The van der Waals surface area contributed by atoms with Crippen molar-refractivity contribution >= 4 is 6.03 Å². The van der Waals surface area contributed by atoms with Crippen LogP contribution in [0.5, 0.6) is 0 Å². The number of rotatable bonds is 6. The SMILES string of the molecule is CN(C)[C@]1(c2ccccc2)CC[C@]2(CC1)CN(CC1(O)CCC1)C(=O)N2CC1CC1. The van der Waals surface area contributed by atoms with Gasteiger partial charge in [-0.3, -0.25) is 4.90 Å². The monoisotopic (exact) mass is 411 g/mol. The summed E-state index contributed by atoms with van der Waals surface area (Å²) in [5, 5.41) is 10.7. The second kappa shape index (κ2) is 7.23. The second-order valence-electron chi connectivity index (χ2n) is 10.8. The Hall–Kier alpha value is -1.59. The Kier molecular flexibility index (Phi) is 4.90. The first-order valence-electron chi connectivity index (χ1n) is 11.9. The largest absolute Gasteiger partial charge is 0.388 e. The molecule has 1 aliphatic heterocycles. The molecule has 5 rings (SSSR count). The molecule has 4 aliphatic rings. The van der Waals surface area contributed by atoms with Crippen LogP contribution in [-0.4, -0.2) is 70.7 Å². The van der Waals surface area contributed by atoms with E-state index in [0.29, 0.717) is 12.5 Å². The summed E-state index contributed by atoms with van der Waals surface area (Å²) in [5.41, 5.74) is 0.732. The Morgan fingerprint density at radius 2 is 1.70 bits per heavy atom. The summed E-state index contributed by atoms with van der Waals surface area (Å²) in [7, 11) is 4.40. The number of urea groups is 1. The Bertz CT molecular complexity index is 777. The Balaban J connectivity index is 1.39. The third-order valence-electron chi connectivity index (χ3n) is 8.64. The average Bonchev–Trinajstić information content (AvgIpc) is 3.51. The van der Waals surface area contributed by atoms with Crippen LogP contribution < -0.4 is 0 Å². The van der Waals surface area contributed by atoms with Crippen molar-refractivity contribution < 1.29 is 9.90 Å². The number of nitrogens with zero attached hydrogens (tertiary/aromatic N) is 3. The van der Waals surface area contributed by atoms with Crippen molar-refractivity contribution in [2.24, 2.45) is 5.92 Å². The van der Waals surface area contributed by atoms with Crippen molar-refractivity contribution in [1.82, 2.24) is 14.7 Å². The first-order chi connectivity index (χ1) is 14.4. The summed E-state index contributed by atoms with van der Waals surface area (Å²) in [6, 6.07) is 11.1. The first kappa shape index (κ1) is 20.3. The van der Waals surface area contributed by atoms with E-state index >= 15 is 0 Å². The van der Waals surface area contributed by atoms with Crippen molar-refractivity contribution in [3.63, 3.8) is 0 Å². The van der Waals surface area contributed by atoms with E-state index in [2.05, 4.69) is 54.2 Å². The van der Waals surface area contributed by atoms with E-state index in [1.165, 1.54) is 18.4 Å². The van der Waals surface area contributed by atoms with Gasteiger partial charge in [0.15, 0.2) is 0 Å². The first-order valence-corrected chi connectivity index (χ1v) is 11.9.